The number of nitrogens with two attached hydrogens (primary N) is 1. The second kappa shape index (κ2) is 5.57. The summed E-state index contributed by atoms with van der Waals surface area (Å²) in [6.07, 6.45) is 2.77. The molecule has 2 aromatic heterocycles. The summed E-state index contributed by atoms with van der Waals surface area (Å²) in [7, 11) is 1.82. The Morgan fingerprint density at radius 1 is 1.52 bits per heavy atom. The number of primary amides is 1. The first kappa shape index (κ1) is 14.4. The fourth-order valence-corrected chi connectivity index (χ4v) is 1.78. The summed E-state index contributed by atoms with van der Waals surface area (Å²) in [5, 5.41) is 17.7. The van der Waals surface area contributed by atoms with Gasteiger partial charge in [-0.05, 0) is 6.92 Å². The molecule has 0 spiro atoms. The highest BCUT2D eigenvalue weighted by molar-refractivity contribution is 5.98. The Morgan fingerprint density at radius 3 is 2.76 bits per heavy atom. The Morgan fingerprint density at radius 2 is 2.24 bits per heavy atom. The average Bonchev–Trinajstić information content (AvgIpc) is 2.76. The number of hydrogen-bond donors (Lipinski definition) is 2. The molecule has 0 atom stereocenters. The van der Waals surface area contributed by atoms with Crippen LogP contribution in [0.3, 0.4) is 0 Å². The van der Waals surface area contributed by atoms with Crippen molar-refractivity contribution in [2.24, 2.45) is 12.8 Å². The number of pyridine rings is 1. The lowest BCUT2D eigenvalue weighted by molar-refractivity contribution is -0.385. The number of nitrogens with zero attached hydrogens (tertiary/aromatic N) is 4. The first-order valence-electron chi connectivity index (χ1n) is 6.05. The van der Waals surface area contributed by atoms with E-state index in [-0.39, 0.29) is 17.1 Å². The van der Waals surface area contributed by atoms with Crippen LogP contribution in [-0.4, -0.2) is 25.6 Å². The summed E-state index contributed by atoms with van der Waals surface area (Å²) in [5.41, 5.74) is 6.81. The van der Waals surface area contributed by atoms with Crippen LogP contribution in [0.15, 0.2) is 18.5 Å². The predicted octanol–water partition coefficient (Wildman–Crippen LogP) is 0.743. The normalized spacial score (nSPS) is 10.4. The monoisotopic (exact) mass is 290 g/mol. The third-order valence-corrected chi connectivity index (χ3v) is 3.13. The molecule has 21 heavy (non-hydrogen) atoms. The summed E-state index contributed by atoms with van der Waals surface area (Å²) in [6, 6.07) is 1.10. The largest absolute Gasteiger partial charge is 0.365 e. The quantitative estimate of drug-likeness (QED) is 0.617. The van der Waals surface area contributed by atoms with Crippen molar-refractivity contribution in [2.45, 2.75) is 13.5 Å². The maximum absolute atomic E-state index is 11.4. The number of carbonyl (C=O) groups excluding carboxylic acids is 1. The van der Waals surface area contributed by atoms with Gasteiger partial charge in [-0.3, -0.25) is 19.6 Å². The number of aromatic nitrogens is 3. The maximum atomic E-state index is 11.4. The number of aryl methyl sites for hydroxylation is 1. The molecule has 0 aromatic carbocycles. The van der Waals surface area contributed by atoms with Gasteiger partial charge < -0.3 is 11.1 Å². The second-order valence-corrected chi connectivity index (χ2v) is 4.44. The van der Waals surface area contributed by atoms with E-state index in [2.05, 4.69) is 15.4 Å². The van der Waals surface area contributed by atoms with Crippen LogP contribution in [0.25, 0.3) is 0 Å². The topological polar surface area (TPSA) is 129 Å². The SMILES string of the molecule is Cc1c(CNc2ncc([N+](=O)[O-])cc2C(N)=O)cnn1C. The third kappa shape index (κ3) is 2.96. The molecule has 0 aliphatic rings. The van der Waals surface area contributed by atoms with E-state index in [4.69, 9.17) is 5.73 Å². The van der Waals surface area contributed by atoms with Gasteiger partial charge in [0.2, 0.25) is 0 Å². The number of anilines is 1. The minimum atomic E-state index is -0.781. The Labute approximate surface area is 119 Å². The molecular formula is C12H14N6O3. The summed E-state index contributed by atoms with van der Waals surface area (Å²) >= 11 is 0. The molecule has 1 amide bonds. The van der Waals surface area contributed by atoms with Crippen LogP contribution in [0.1, 0.15) is 21.6 Å². The number of carbonyl (C=O) groups is 1. The molecule has 110 valence electrons. The zero-order valence-corrected chi connectivity index (χ0v) is 11.5. The van der Waals surface area contributed by atoms with Crippen molar-refractivity contribution in [3.8, 4) is 0 Å². The Kier molecular flexibility index (Phi) is 3.83. The van der Waals surface area contributed by atoms with E-state index in [0.29, 0.717) is 6.54 Å². The van der Waals surface area contributed by atoms with Gasteiger partial charge in [-0.15, -0.1) is 0 Å². The van der Waals surface area contributed by atoms with Crippen LogP contribution in [0.2, 0.25) is 0 Å². The molecule has 9 nitrogen and oxygen atoms in total. The van der Waals surface area contributed by atoms with E-state index in [1.807, 2.05) is 14.0 Å². The number of nitrogens with one attached hydrogen (secondary N) is 1. The zero-order valence-electron chi connectivity index (χ0n) is 11.5. The van der Waals surface area contributed by atoms with Crippen LogP contribution < -0.4 is 11.1 Å². The van der Waals surface area contributed by atoms with Gasteiger partial charge in [0.25, 0.3) is 11.6 Å². The molecular weight excluding hydrogens is 276 g/mol. The lowest BCUT2D eigenvalue weighted by atomic mass is 10.2. The van der Waals surface area contributed by atoms with Crippen molar-refractivity contribution in [3.05, 3.63) is 45.4 Å². The number of amides is 1. The molecule has 2 rings (SSSR count). The van der Waals surface area contributed by atoms with Gasteiger partial charge in [0.1, 0.15) is 12.0 Å². The molecule has 0 saturated carbocycles. The lowest BCUT2D eigenvalue weighted by Crippen LogP contribution is -2.16. The van der Waals surface area contributed by atoms with E-state index in [0.717, 1.165) is 23.5 Å². The van der Waals surface area contributed by atoms with Crippen molar-refractivity contribution in [1.29, 1.82) is 0 Å². The minimum absolute atomic E-state index is 0.0225. The molecule has 0 fully saturated rings. The van der Waals surface area contributed by atoms with Gasteiger partial charge in [-0.25, -0.2) is 4.98 Å². The van der Waals surface area contributed by atoms with E-state index < -0.39 is 10.8 Å². The highest BCUT2D eigenvalue weighted by Crippen LogP contribution is 2.19. The third-order valence-electron chi connectivity index (χ3n) is 3.13. The van der Waals surface area contributed by atoms with Crippen molar-refractivity contribution in [2.75, 3.05) is 5.32 Å². The lowest BCUT2D eigenvalue weighted by Gasteiger charge is -2.08. The summed E-state index contributed by atoms with van der Waals surface area (Å²) in [6.45, 7) is 2.28. The fraction of sp³-hybridized carbons (Fsp3) is 0.250. The first-order valence-corrected chi connectivity index (χ1v) is 6.05. The molecule has 2 aromatic rings. The average molecular weight is 290 g/mol. The highest BCUT2D eigenvalue weighted by atomic mass is 16.6. The highest BCUT2D eigenvalue weighted by Gasteiger charge is 2.16. The molecule has 9 heteroatoms. The fourth-order valence-electron chi connectivity index (χ4n) is 1.78. The van der Waals surface area contributed by atoms with Gasteiger partial charge in [0.15, 0.2) is 0 Å². The predicted molar refractivity (Wildman–Crippen MR) is 74.7 cm³/mol. The molecule has 0 saturated heterocycles. The molecule has 0 unspecified atom stereocenters. The van der Waals surface area contributed by atoms with Gasteiger partial charge >= 0.3 is 0 Å². The van der Waals surface area contributed by atoms with Crippen molar-refractivity contribution >= 4 is 17.4 Å². The molecule has 3 N–H and O–H groups in total. The Bertz CT molecular complexity index is 709. The van der Waals surface area contributed by atoms with E-state index >= 15 is 0 Å². The maximum Gasteiger partial charge on any atom is 0.288 e. The summed E-state index contributed by atoms with van der Waals surface area (Å²) < 4.78 is 1.72. The zero-order chi connectivity index (χ0) is 15.6. The minimum Gasteiger partial charge on any atom is -0.365 e. The van der Waals surface area contributed by atoms with Gasteiger partial charge in [-0.2, -0.15) is 5.10 Å². The van der Waals surface area contributed by atoms with Gasteiger partial charge in [0, 0.05) is 30.9 Å². The molecule has 2 heterocycles. The van der Waals surface area contributed by atoms with Crippen molar-refractivity contribution < 1.29 is 9.72 Å². The number of nitro groups is 1. The summed E-state index contributed by atoms with van der Waals surface area (Å²) in [5.74, 6) is -0.576. The molecule has 0 aliphatic heterocycles. The van der Waals surface area contributed by atoms with E-state index in [1.54, 1.807) is 10.9 Å². The van der Waals surface area contributed by atoms with E-state index in [9.17, 15) is 14.9 Å². The van der Waals surface area contributed by atoms with Gasteiger partial charge in [0.05, 0.1) is 16.7 Å². The van der Waals surface area contributed by atoms with Crippen LogP contribution in [0.4, 0.5) is 11.5 Å². The standard InChI is InChI=1S/C12H14N6O3/c1-7-8(5-16-17(7)2)4-14-12-10(11(13)19)3-9(6-15-12)18(20)21/h3,5-6H,4H2,1-2H3,(H2,13,19)(H,14,15). The smallest absolute Gasteiger partial charge is 0.288 e. The first-order chi connectivity index (χ1) is 9.90. The van der Waals surface area contributed by atoms with Gasteiger partial charge in [-0.1, -0.05) is 0 Å². The Hall–Kier alpha value is -2.97. The van der Waals surface area contributed by atoms with Crippen molar-refractivity contribution in [1.82, 2.24) is 14.8 Å². The Balaban J connectivity index is 2.25. The molecule has 0 aliphatic carbocycles. The second-order valence-electron chi connectivity index (χ2n) is 4.44. The summed E-state index contributed by atoms with van der Waals surface area (Å²) in [4.78, 5) is 25.3. The molecule has 0 bridgehead atoms. The van der Waals surface area contributed by atoms with Crippen LogP contribution >= 0.6 is 0 Å². The number of rotatable bonds is 5. The van der Waals surface area contributed by atoms with Crippen LogP contribution in [0, 0.1) is 17.0 Å². The molecule has 0 radical (unpaired) electrons. The van der Waals surface area contributed by atoms with Crippen molar-refractivity contribution in [3.63, 3.8) is 0 Å². The van der Waals surface area contributed by atoms with Crippen LogP contribution in [0.5, 0.6) is 0 Å². The van der Waals surface area contributed by atoms with Crippen LogP contribution in [-0.2, 0) is 13.6 Å². The number of hydrogen-bond acceptors (Lipinski definition) is 6. The van der Waals surface area contributed by atoms with E-state index in [1.165, 1.54) is 0 Å².